The summed E-state index contributed by atoms with van der Waals surface area (Å²) >= 11 is 1.42. The van der Waals surface area contributed by atoms with Crippen LogP contribution in [0.3, 0.4) is 0 Å². The highest BCUT2D eigenvalue weighted by Crippen LogP contribution is 2.28. The van der Waals surface area contributed by atoms with Gasteiger partial charge in [-0.1, -0.05) is 6.92 Å². The lowest BCUT2D eigenvalue weighted by molar-refractivity contribution is 0.0523. The van der Waals surface area contributed by atoms with E-state index in [1.165, 1.54) is 28.8 Å². The predicted molar refractivity (Wildman–Crippen MR) is 75.9 cm³/mol. The summed E-state index contributed by atoms with van der Waals surface area (Å²) < 4.78 is 6.42. The molecule has 0 fully saturated rings. The van der Waals surface area contributed by atoms with E-state index in [2.05, 4.69) is 15.1 Å². The predicted octanol–water partition coefficient (Wildman–Crippen LogP) is 1.53. The fraction of sp³-hybridized carbons (Fsp3) is 0.333. The Morgan fingerprint density at radius 2 is 2.25 bits per heavy atom. The number of nitrogens with zero attached hydrogens (tertiary/aromatic N) is 4. The molecular formula is C12H15N5O2S. The van der Waals surface area contributed by atoms with E-state index in [0.29, 0.717) is 10.8 Å². The van der Waals surface area contributed by atoms with Gasteiger partial charge in [0.1, 0.15) is 16.4 Å². The van der Waals surface area contributed by atoms with Crippen molar-refractivity contribution in [2.45, 2.75) is 18.9 Å². The molecule has 0 aliphatic rings. The number of rotatable bonds is 5. The van der Waals surface area contributed by atoms with E-state index in [0.717, 1.165) is 5.75 Å². The van der Waals surface area contributed by atoms with E-state index in [1.807, 2.05) is 6.92 Å². The summed E-state index contributed by atoms with van der Waals surface area (Å²) in [6.07, 6.45) is 4.61. The van der Waals surface area contributed by atoms with Gasteiger partial charge in [-0.25, -0.2) is 9.78 Å². The Bertz CT molecular complexity index is 599. The van der Waals surface area contributed by atoms with E-state index >= 15 is 0 Å². The third-order valence-corrected chi connectivity index (χ3v) is 3.26. The van der Waals surface area contributed by atoms with Crippen LogP contribution < -0.4 is 5.73 Å². The van der Waals surface area contributed by atoms with E-state index in [9.17, 15) is 4.79 Å². The van der Waals surface area contributed by atoms with E-state index < -0.39 is 5.97 Å². The molecule has 2 rings (SSSR count). The van der Waals surface area contributed by atoms with Crippen LogP contribution in [0.1, 0.15) is 24.2 Å². The topological polar surface area (TPSA) is 95.9 Å². The number of carbonyl (C=O) groups excluding carboxylic acids is 1. The number of carbonyl (C=O) groups is 1. The van der Waals surface area contributed by atoms with Crippen molar-refractivity contribution in [2.75, 3.05) is 18.1 Å². The van der Waals surface area contributed by atoms with Crippen LogP contribution in [-0.4, -0.2) is 38.1 Å². The normalized spacial score (nSPS) is 10.5. The van der Waals surface area contributed by atoms with Gasteiger partial charge in [-0.05, 0) is 12.7 Å². The molecule has 0 saturated heterocycles. The third kappa shape index (κ3) is 2.74. The lowest BCUT2D eigenvalue weighted by Crippen LogP contribution is -2.10. The summed E-state index contributed by atoms with van der Waals surface area (Å²) in [5.74, 6) is 0.957. The van der Waals surface area contributed by atoms with Crippen molar-refractivity contribution in [3.05, 3.63) is 24.2 Å². The van der Waals surface area contributed by atoms with Crippen molar-refractivity contribution < 1.29 is 9.53 Å². The van der Waals surface area contributed by atoms with Gasteiger partial charge in [0.05, 0.1) is 12.8 Å². The summed E-state index contributed by atoms with van der Waals surface area (Å²) in [7, 11) is 0. The molecule has 2 N–H and O–H groups in total. The number of thioether (sulfide) groups is 1. The number of anilines is 1. The Labute approximate surface area is 120 Å². The molecule has 8 heteroatoms. The maximum atomic E-state index is 12.0. The van der Waals surface area contributed by atoms with Crippen LogP contribution in [-0.2, 0) is 4.74 Å². The molecule has 0 amide bonds. The number of ether oxygens (including phenoxy) is 1. The van der Waals surface area contributed by atoms with Crippen molar-refractivity contribution in [1.82, 2.24) is 19.7 Å². The van der Waals surface area contributed by atoms with Gasteiger partial charge in [0, 0.05) is 12.4 Å². The Morgan fingerprint density at radius 3 is 2.85 bits per heavy atom. The fourth-order valence-electron chi connectivity index (χ4n) is 1.62. The van der Waals surface area contributed by atoms with Crippen molar-refractivity contribution in [1.29, 1.82) is 0 Å². The van der Waals surface area contributed by atoms with Crippen LogP contribution in [0.4, 0.5) is 5.82 Å². The van der Waals surface area contributed by atoms with Gasteiger partial charge in [0.25, 0.3) is 0 Å². The zero-order valence-corrected chi connectivity index (χ0v) is 12.1. The number of esters is 1. The molecule has 0 radical (unpaired) electrons. The maximum Gasteiger partial charge on any atom is 0.344 e. The first kappa shape index (κ1) is 14.3. The highest BCUT2D eigenvalue weighted by Gasteiger charge is 2.24. The average Bonchev–Trinajstić information content (AvgIpc) is 2.77. The summed E-state index contributed by atoms with van der Waals surface area (Å²) in [4.78, 5) is 20.1. The number of nitrogen functional groups attached to an aromatic ring is 1. The van der Waals surface area contributed by atoms with Gasteiger partial charge < -0.3 is 10.5 Å². The van der Waals surface area contributed by atoms with Crippen LogP contribution in [0.2, 0.25) is 0 Å². The number of aromatic nitrogens is 4. The first-order chi connectivity index (χ1) is 9.69. The van der Waals surface area contributed by atoms with Crippen molar-refractivity contribution in [3.63, 3.8) is 0 Å². The molecule has 2 aromatic rings. The minimum atomic E-state index is -0.476. The van der Waals surface area contributed by atoms with Crippen molar-refractivity contribution >= 4 is 23.5 Å². The fourth-order valence-corrected chi connectivity index (χ4v) is 2.36. The van der Waals surface area contributed by atoms with Crippen LogP contribution in [0, 0.1) is 0 Å². The molecule has 2 aromatic heterocycles. The molecule has 2 heterocycles. The zero-order valence-electron chi connectivity index (χ0n) is 11.2. The van der Waals surface area contributed by atoms with Gasteiger partial charge in [-0.3, -0.25) is 4.98 Å². The lowest BCUT2D eigenvalue weighted by atomic mass is 10.3. The highest BCUT2D eigenvalue weighted by molar-refractivity contribution is 7.99. The molecule has 0 aromatic carbocycles. The maximum absolute atomic E-state index is 12.0. The summed E-state index contributed by atoms with van der Waals surface area (Å²) in [6.45, 7) is 4.00. The summed E-state index contributed by atoms with van der Waals surface area (Å²) in [5, 5.41) is 4.86. The number of hydrogen-bond acceptors (Lipinski definition) is 7. The second-order valence-electron chi connectivity index (χ2n) is 3.69. The quantitative estimate of drug-likeness (QED) is 0.659. The molecule has 0 bridgehead atoms. The standard InChI is InChI=1S/C12H15N5O2S/c1-3-19-12(18)9-10(13)17(16-11(9)20-4-2)8-7-14-5-6-15-8/h5-7H,3-4,13H2,1-2H3. The average molecular weight is 293 g/mol. The van der Waals surface area contributed by atoms with Crippen molar-refractivity contribution in [2.24, 2.45) is 0 Å². The van der Waals surface area contributed by atoms with Gasteiger partial charge in [0.2, 0.25) is 0 Å². The Kier molecular flexibility index (Phi) is 4.57. The third-order valence-electron chi connectivity index (χ3n) is 2.42. The van der Waals surface area contributed by atoms with Crippen LogP contribution >= 0.6 is 11.8 Å². The second-order valence-corrected chi connectivity index (χ2v) is 4.95. The molecule has 7 nitrogen and oxygen atoms in total. The minimum Gasteiger partial charge on any atom is -0.462 e. The summed E-state index contributed by atoms with van der Waals surface area (Å²) in [5.41, 5.74) is 6.30. The molecule has 106 valence electrons. The molecule has 0 atom stereocenters. The smallest absolute Gasteiger partial charge is 0.344 e. The Balaban J connectivity index is 2.50. The van der Waals surface area contributed by atoms with Gasteiger partial charge in [0.15, 0.2) is 5.82 Å². The number of nitrogens with two attached hydrogens (primary N) is 1. The van der Waals surface area contributed by atoms with E-state index in [1.54, 1.807) is 13.1 Å². The zero-order chi connectivity index (χ0) is 14.5. The largest absolute Gasteiger partial charge is 0.462 e. The second kappa shape index (κ2) is 6.38. The first-order valence-corrected chi connectivity index (χ1v) is 7.12. The molecule has 20 heavy (non-hydrogen) atoms. The Morgan fingerprint density at radius 1 is 1.45 bits per heavy atom. The van der Waals surface area contributed by atoms with Gasteiger partial charge >= 0.3 is 5.97 Å². The first-order valence-electron chi connectivity index (χ1n) is 6.13. The van der Waals surface area contributed by atoms with Crippen molar-refractivity contribution in [3.8, 4) is 5.82 Å². The minimum absolute atomic E-state index is 0.208. The SMILES string of the molecule is CCOC(=O)c1c(SCC)nn(-c2cnccn2)c1N. The van der Waals surface area contributed by atoms with Gasteiger partial charge in [-0.2, -0.15) is 9.78 Å². The molecule has 0 aliphatic heterocycles. The van der Waals surface area contributed by atoms with E-state index in [-0.39, 0.29) is 18.0 Å². The van der Waals surface area contributed by atoms with Crippen LogP contribution in [0.25, 0.3) is 5.82 Å². The lowest BCUT2D eigenvalue weighted by Gasteiger charge is -2.03. The highest BCUT2D eigenvalue weighted by atomic mass is 32.2. The molecule has 0 aliphatic carbocycles. The summed E-state index contributed by atoms with van der Waals surface area (Å²) in [6, 6.07) is 0. The van der Waals surface area contributed by atoms with E-state index in [4.69, 9.17) is 10.5 Å². The number of hydrogen-bond donors (Lipinski definition) is 1. The molecular weight excluding hydrogens is 278 g/mol. The molecule has 0 unspecified atom stereocenters. The molecule has 0 spiro atoms. The van der Waals surface area contributed by atoms with Gasteiger partial charge in [-0.15, -0.1) is 11.8 Å². The van der Waals surface area contributed by atoms with Crippen LogP contribution in [0.5, 0.6) is 0 Å². The Hall–Kier alpha value is -2.09. The monoisotopic (exact) mass is 293 g/mol. The van der Waals surface area contributed by atoms with Crippen LogP contribution in [0.15, 0.2) is 23.6 Å². The molecule has 0 saturated carbocycles.